The van der Waals surface area contributed by atoms with Crippen LogP contribution in [0.2, 0.25) is 0 Å². The lowest BCUT2D eigenvalue weighted by Gasteiger charge is -2.31. The van der Waals surface area contributed by atoms with E-state index in [1.54, 1.807) is 18.7 Å². The van der Waals surface area contributed by atoms with Gasteiger partial charge in [-0.25, -0.2) is 0 Å². The van der Waals surface area contributed by atoms with E-state index in [1.165, 1.54) is 0 Å². The Morgan fingerprint density at radius 1 is 1.09 bits per heavy atom. The molecular weight excluding hydrogens is 442 g/mol. The highest BCUT2D eigenvalue weighted by Gasteiger charge is 2.41. The number of amides is 2. The topological polar surface area (TPSA) is 95.6 Å². The number of carbonyl (C=O) groups excluding carboxylic acids is 4. The number of ketones is 2. The largest absolute Gasteiger partial charge is 0.346 e. The summed E-state index contributed by atoms with van der Waals surface area (Å²) in [6.07, 6.45) is 4.04. The summed E-state index contributed by atoms with van der Waals surface area (Å²) in [5, 5.41) is 6.18. The first-order valence-corrected chi connectivity index (χ1v) is 13.0. The second-order valence-electron chi connectivity index (χ2n) is 11.1. The Balaban J connectivity index is 1.63. The first-order chi connectivity index (χ1) is 16.6. The Morgan fingerprint density at radius 3 is 2.43 bits per heavy atom. The Morgan fingerprint density at radius 2 is 1.80 bits per heavy atom. The molecule has 2 saturated heterocycles. The van der Waals surface area contributed by atoms with E-state index in [0.717, 1.165) is 31.4 Å². The van der Waals surface area contributed by atoms with Crippen molar-refractivity contribution >= 4 is 23.4 Å². The van der Waals surface area contributed by atoms with E-state index < -0.39 is 17.5 Å². The molecule has 2 aliphatic heterocycles. The van der Waals surface area contributed by atoms with Crippen molar-refractivity contribution in [2.45, 2.75) is 90.8 Å². The lowest BCUT2D eigenvalue weighted by atomic mass is 9.83. The van der Waals surface area contributed by atoms with Gasteiger partial charge in [-0.05, 0) is 50.1 Å². The van der Waals surface area contributed by atoms with E-state index in [9.17, 15) is 19.2 Å². The lowest BCUT2D eigenvalue weighted by Crippen LogP contribution is -2.51. The summed E-state index contributed by atoms with van der Waals surface area (Å²) in [7, 11) is 0. The van der Waals surface area contributed by atoms with Crippen LogP contribution >= 0.6 is 0 Å². The van der Waals surface area contributed by atoms with Crippen molar-refractivity contribution in [2.75, 3.05) is 13.1 Å². The van der Waals surface area contributed by atoms with Gasteiger partial charge in [0.25, 0.3) is 0 Å². The third kappa shape index (κ3) is 7.23. The fourth-order valence-electron chi connectivity index (χ4n) is 5.11. The molecule has 0 bridgehead atoms. The third-order valence-corrected chi connectivity index (χ3v) is 7.12. The molecule has 2 amide bonds. The molecule has 1 aromatic rings. The average molecular weight is 484 g/mol. The van der Waals surface area contributed by atoms with E-state index in [4.69, 9.17) is 0 Å². The Kier molecular flexibility index (Phi) is 9.22. The number of Topliss-reactive ketones (excluding diaryl/α,β-unsaturated/α-hetero) is 2. The molecule has 3 atom stereocenters. The second kappa shape index (κ2) is 11.9. The summed E-state index contributed by atoms with van der Waals surface area (Å²) in [5.74, 6) is -0.176. The van der Waals surface area contributed by atoms with Crippen LogP contribution in [0.15, 0.2) is 30.3 Å². The molecule has 7 nitrogen and oxygen atoms in total. The van der Waals surface area contributed by atoms with Gasteiger partial charge in [-0.1, -0.05) is 58.0 Å². The standard InChI is InChI=1S/C28H41N3O4/c1-19(2)16-22(24(32)17-20-10-6-5-7-11-20)30-27(35)28(3,4)18-25(33)23-13-9-15-31(23)26(34)21-12-8-14-29-21/h5-7,10-11,19,21-23,29H,8-9,12-18H2,1-4H3,(H,30,35)/t21-,22?,23?/m0/s1. The van der Waals surface area contributed by atoms with E-state index in [2.05, 4.69) is 10.6 Å². The van der Waals surface area contributed by atoms with Crippen molar-refractivity contribution in [1.82, 2.24) is 15.5 Å². The highest BCUT2D eigenvalue weighted by atomic mass is 16.2. The highest BCUT2D eigenvalue weighted by Crippen LogP contribution is 2.28. The minimum Gasteiger partial charge on any atom is -0.346 e. The van der Waals surface area contributed by atoms with Gasteiger partial charge >= 0.3 is 0 Å². The fraction of sp³-hybridized carbons (Fsp3) is 0.643. The van der Waals surface area contributed by atoms with Crippen LogP contribution in [-0.2, 0) is 25.6 Å². The minimum absolute atomic E-state index is 0.00381. The summed E-state index contributed by atoms with van der Waals surface area (Å²) < 4.78 is 0. The normalized spacial score (nSPS) is 21.2. The molecule has 0 saturated carbocycles. The summed E-state index contributed by atoms with van der Waals surface area (Å²) in [5.41, 5.74) is -0.0693. The van der Waals surface area contributed by atoms with Crippen LogP contribution in [0, 0.1) is 11.3 Å². The van der Waals surface area contributed by atoms with Gasteiger partial charge < -0.3 is 15.5 Å². The molecule has 1 aromatic carbocycles. The van der Waals surface area contributed by atoms with E-state index in [1.807, 2.05) is 44.2 Å². The molecule has 0 aliphatic carbocycles. The maximum Gasteiger partial charge on any atom is 0.240 e. The number of likely N-dealkylation sites (tertiary alicyclic amines) is 1. The van der Waals surface area contributed by atoms with Crippen molar-refractivity contribution in [3.05, 3.63) is 35.9 Å². The summed E-state index contributed by atoms with van der Waals surface area (Å²) in [6, 6.07) is 8.24. The van der Waals surface area contributed by atoms with Crippen molar-refractivity contribution in [3.63, 3.8) is 0 Å². The predicted molar refractivity (Wildman–Crippen MR) is 136 cm³/mol. The molecule has 2 aliphatic rings. The molecule has 7 heteroatoms. The first kappa shape index (κ1) is 27.1. The smallest absolute Gasteiger partial charge is 0.240 e. The van der Waals surface area contributed by atoms with Crippen molar-refractivity contribution in [2.24, 2.45) is 11.3 Å². The molecule has 35 heavy (non-hydrogen) atoms. The molecule has 2 N–H and O–H groups in total. The summed E-state index contributed by atoms with van der Waals surface area (Å²) in [4.78, 5) is 54.3. The Bertz CT molecular complexity index is 906. The molecule has 192 valence electrons. The van der Waals surface area contributed by atoms with Crippen LogP contribution in [0.5, 0.6) is 0 Å². The number of benzene rings is 1. The molecule has 0 spiro atoms. The molecule has 2 unspecified atom stereocenters. The van der Waals surface area contributed by atoms with Gasteiger partial charge in [0, 0.05) is 19.4 Å². The molecular formula is C28H41N3O4. The highest BCUT2D eigenvalue weighted by molar-refractivity contribution is 5.97. The number of nitrogens with zero attached hydrogens (tertiary/aromatic N) is 1. The molecule has 2 heterocycles. The zero-order valence-corrected chi connectivity index (χ0v) is 21.6. The number of rotatable bonds is 11. The first-order valence-electron chi connectivity index (χ1n) is 13.0. The SMILES string of the molecule is CC(C)CC(NC(=O)C(C)(C)CC(=O)C1CCCN1C(=O)[C@@H]1CCCN1)C(=O)Cc1ccccc1. The average Bonchev–Trinajstić information content (AvgIpc) is 3.50. The van der Waals surface area contributed by atoms with Gasteiger partial charge in [0.15, 0.2) is 11.6 Å². The zero-order valence-electron chi connectivity index (χ0n) is 21.6. The Labute approximate surface area is 209 Å². The minimum atomic E-state index is -0.984. The van der Waals surface area contributed by atoms with Crippen LogP contribution in [0.1, 0.15) is 71.8 Å². The van der Waals surface area contributed by atoms with E-state index in [0.29, 0.717) is 19.4 Å². The van der Waals surface area contributed by atoms with Gasteiger partial charge in [0.2, 0.25) is 11.8 Å². The van der Waals surface area contributed by atoms with Crippen LogP contribution in [0.3, 0.4) is 0 Å². The van der Waals surface area contributed by atoms with Gasteiger partial charge in [-0.15, -0.1) is 0 Å². The van der Waals surface area contributed by atoms with Crippen molar-refractivity contribution < 1.29 is 19.2 Å². The van der Waals surface area contributed by atoms with Gasteiger partial charge in [-0.2, -0.15) is 0 Å². The van der Waals surface area contributed by atoms with Gasteiger partial charge in [-0.3, -0.25) is 19.2 Å². The van der Waals surface area contributed by atoms with Gasteiger partial charge in [0.05, 0.1) is 23.5 Å². The second-order valence-corrected chi connectivity index (χ2v) is 11.1. The van der Waals surface area contributed by atoms with Crippen LogP contribution in [0.4, 0.5) is 0 Å². The van der Waals surface area contributed by atoms with Crippen LogP contribution < -0.4 is 10.6 Å². The monoisotopic (exact) mass is 483 g/mol. The summed E-state index contributed by atoms with van der Waals surface area (Å²) in [6.45, 7) is 8.95. The molecule has 0 radical (unpaired) electrons. The number of carbonyl (C=O) groups is 4. The number of hydrogen-bond acceptors (Lipinski definition) is 5. The van der Waals surface area contributed by atoms with Gasteiger partial charge in [0.1, 0.15) is 0 Å². The lowest BCUT2D eigenvalue weighted by molar-refractivity contribution is -0.141. The van der Waals surface area contributed by atoms with Crippen molar-refractivity contribution in [1.29, 1.82) is 0 Å². The maximum atomic E-state index is 13.3. The quantitative estimate of drug-likeness (QED) is 0.504. The van der Waals surface area contributed by atoms with Crippen molar-refractivity contribution in [3.8, 4) is 0 Å². The number of hydrogen-bond donors (Lipinski definition) is 2. The van der Waals surface area contributed by atoms with E-state index in [-0.39, 0.29) is 48.2 Å². The van der Waals surface area contributed by atoms with Crippen LogP contribution in [-0.4, -0.2) is 59.5 Å². The predicted octanol–water partition coefficient (Wildman–Crippen LogP) is 3.06. The maximum absolute atomic E-state index is 13.3. The van der Waals surface area contributed by atoms with E-state index >= 15 is 0 Å². The molecule has 0 aromatic heterocycles. The number of nitrogens with one attached hydrogen (secondary N) is 2. The van der Waals surface area contributed by atoms with Crippen LogP contribution in [0.25, 0.3) is 0 Å². The molecule has 2 fully saturated rings. The summed E-state index contributed by atoms with van der Waals surface area (Å²) >= 11 is 0. The Hall–Kier alpha value is -2.54. The molecule has 3 rings (SSSR count). The zero-order chi connectivity index (χ0) is 25.6. The fourth-order valence-corrected chi connectivity index (χ4v) is 5.11. The third-order valence-electron chi connectivity index (χ3n) is 7.12.